The van der Waals surface area contributed by atoms with E-state index < -0.39 is 17.6 Å². The van der Waals surface area contributed by atoms with Crippen LogP contribution in [0.15, 0.2) is 59.1 Å². The van der Waals surface area contributed by atoms with Crippen molar-refractivity contribution in [2.75, 3.05) is 0 Å². The van der Waals surface area contributed by atoms with Crippen LogP contribution < -0.4 is 5.32 Å². The Hall–Kier alpha value is -3.16. The summed E-state index contributed by atoms with van der Waals surface area (Å²) >= 11 is 0. The average molecular weight is 361 g/mol. The molecule has 3 aromatic rings. The van der Waals surface area contributed by atoms with Gasteiger partial charge in [-0.2, -0.15) is 18.2 Å². The minimum absolute atomic E-state index is 0.00235. The maximum atomic E-state index is 12.7. The first-order valence-corrected chi connectivity index (χ1v) is 7.72. The van der Waals surface area contributed by atoms with E-state index in [9.17, 15) is 18.0 Å². The molecule has 0 unspecified atom stereocenters. The standard InChI is InChI=1S/C18H14F3N3O2/c19-18(20,21)14-8-4-5-12(9-14)10-15(25)22-11-16-23-17(24-26-16)13-6-2-1-3-7-13/h1-9H,10-11H2,(H,22,25). The normalized spacial score (nSPS) is 11.3. The first kappa shape index (κ1) is 17.7. The molecule has 0 fully saturated rings. The molecule has 1 N–H and O–H groups in total. The van der Waals surface area contributed by atoms with Crippen LogP contribution in [-0.2, 0) is 23.9 Å². The summed E-state index contributed by atoms with van der Waals surface area (Å²) in [4.78, 5) is 16.1. The SMILES string of the molecule is O=C(Cc1cccc(C(F)(F)F)c1)NCc1nc(-c2ccccc2)no1. The van der Waals surface area contributed by atoms with Gasteiger partial charge in [-0.15, -0.1) is 0 Å². The van der Waals surface area contributed by atoms with Crippen molar-refractivity contribution in [3.8, 4) is 11.4 Å². The van der Waals surface area contributed by atoms with Gasteiger partial charge in [-0.25, -0.2) is 0 Å². The molecule has 1 amide bonds. The third-order valence-corrected chi connectivity index (χ3v) is 3.56. The van der Waals surface area contributed by atoms with Gasteiger partial charge in [-0.3, -0.25) is 4.79 Å². The Bertz CT molecular complexity index is 892. The van der Waals surface area contributed by atoms with Gasteiger partial charge in [0, 0.05) is 5.56 Å². The van der Waals surface area contributed by atoms with Crippen LogP contribution in [-0.4, -0.2) is 16.0 Å². The van der Waals surface area contributed by atoms with Crippen molar-refractivity contribution in [2.45, 2.75) is 19.1 Å². The number of benzene rings is 2. The molecule has 0 atom stereocenters. The number of hydrogen-bond acceptors (Lipinski definition) is 4. The molecule has 2 aromatic carbocycles. The Morgan fingerprint density at radius 2 is 1.85 bits per heavy atom. The Balaban J connectivity index is 1.57. The quantitative estimate of drug-likeness (QED) is 0.754. The van der Waals surface area contributed by atoms with E-state index in [2.05, 4.69) is 15.5 Å². The molecule has 0 radical (unpaired) electrons. The number of hydrogen-bond donors (Lipinski definition) is 1. The number of nitrogens with one attached hydrogen (secondary N) is 1. The lowest BCUT2D eigenvalue weighted by atomic mass is 10.1. The molecule has 134 valence electrons. The number of halogens is 3. The average Bonchev–Trinajstić information content (AvgIpc) is 3.09. The summed E-state index contributed by atoms with van der Waals surface area (Å²) < 4.78 is 43.1. The molecule has 3 rings (SSSR count). The Morgan fingerprint density at radius 3 is 2.58 bits per heavy atom. The Labute approximate surface area is 146 Å². The summed E-state index contributed by atoms with van der Waals surface area (Å²) in [6, 6.07) is 13.8. The van der Waals surface area contributed by atoms with Gasteiger partial charge >= 0.3 is 6.18 Å². The molecule has 0 aliphatic rings. The second-order valence-corrected chi connectivity index (χ2v) is 5.53. The predicted octanol–water partition coefficient (Wildman–Crippen LogP) is 3.61. The maximum absolute atomic E-state index is 12.7. The van der Waals surface area contributed by atoms with Crippen molar-refractivity contribution in [3.63, 3.8) is 0 Å². The summed E-state index contributed by atoms with van der Waals surface area (Å²) in [6.07, 6.45) is -4.62. The molecule has 26 heavy (non-hydrogen) atoms. The molecule has 0 aliphatic heterocycles. The van der Waals surface area contributed by atoms with Gasteiger partial charge in [0.2, 0.25) is 17.6 Å². The lowest BCUT2D eigenvalue weighted by molar-refractivity contribution is -0.137. The van der Waals surface area contributed by atoms with Crippen molar-refractivity contribution in [2.24, 2.45) is 0 Å². The first-order chi connectivity index (χ1) is 12.4. The number of alkyl halides is 3. The van der Waals surface area contributed by atoms with Gasteiger partial charge in [0.1, 0.15) is 0 Å². The van der Waals surface area contributed by atoms with Crippen molar-refractivity contribution in [1.82, 2.24) is 15.5 Å². The van der Waals surface area contributed by atoms with Crippen LogP contribution in [0.3, 0.4) is 0 Å². The van der Waals surface area contributed by atoms with E-state index in [-0.39, 0.29) is 24.4 Å². The van der Waals surface area contributed by atoms with E-state index in [1.54, 1.807) is 0 Å². The smallest absolute Gasteiger partial charge is 0.347 e. The molecule has 0 saturated heterocycles. The van der Waals surface area contributed by atoms with Crippen LogP contribution in [0.25, 0.3) is 11.4 Å². The molecule has 1 heterocycles. The highest BCUT2D eigenvalue weighted by Gasteiger charge is 2.30. The maximum Gasteiger partial charge on any atom is 0.416 e. The topological polar surface area (TPSA) is 68.0 Å². The van der Waals surface area contributed by atoms with Gasteiger partial charge in [-0.1, -0.05) is 53.7 Å². The minimum Gasteiger partial charge on any atom is -0.347 e. The summed E-state index contributed by atoms with van der Waals surface area (Å²) in [7, 11) is 0. The number of aromatic nitrogens is 2. The third kappa shape index (κ3) is 4.47. The predicted molar refractivity (Wildman–Crippen MR) is 86.7 cm³/mol. The van der Waals surface area contributed by atoms with Crippen LogP contribution in [0.1, 0.15) is 17.0 Å². The summed E-state index contributed by atoms with van der Waals surface area (Å²) in [5, 5.41) is 6.38. The van der Waals surface area contributed by atoms with Gasteiger partial charge < -0.3 is 9.84 Å². The Morgan fingerprint density at radius 1 is 1.08 bits per heavy atom. The van der Waals surface area contributed by atoms with Crippen molar-refractivity contribution >= 4 is 5.91 Å². The van der Waals surface area contributed by atoms with Crippen LogP contribution in [0.4, 0.5) is 13.2 Å². The molecule has 1 aromatic heterocycles. The highest BCUT2D eigenvalue weighted by atomic mass is 19.4. The summed E-state index contributed by atoms with van der Waals surface area (Å²) in [6.45, 7) is -0.00235. The second-order valence-electron chi connectivity index (χ2n) is 5.53. The van der Waals surface area contributed by atoms with Crippen molar-refractivity contribution in [1.29, 1.82) is 0 Å². The summed E-state index contributed by atoms with van der Waals surface area (Å²) in [5.74, 6) is 0.165. The molecular formula is C18H14F3N3O2. The zero-order valence-corrected chi connectivity index (χ0v) is 13.5. The fraction of sp³-hybridized carbons (Fsp3) is 0.167. The molecule has 0 spiro atoms. The fourth-order valence-electron chi connectivity index (χ4n) is 2.31. The lowest BCUT2D eigenvalue weighted by Gasteiger charge is -2.08. The van der Waals surface area contributed by atoms with E-state index in [0.717, 1.165) is 17.7 Å². The van der Waals surface area contributed by atoms with Gasteiger partial charge in [0.15, 0.2) is 0 Å². The molecule has 8 heteroatoms. The van der Waals surface area contributed by atoms with Gasteiger partial charge in [0.25, 0.3) is 0 Å². The highest BCUT2D eigenvalue weighted by molar-refractivity contribution is 5.78. The van der Waals surface area contributed by atoms with Crippen LogP contribution >= 0.6 is 0 Å². The Kier molecular flexibility index (Phi) is 5.01. The molecule has 0 aliphatic carbocycles. The molecule has 5 nitrogen and oxygen atoms in total. The highest BCUT2D eigenvalue weighted by Crippen LogP contribution is 2.29. The van der Waals surface area contributed by atoms with E-state index in [4.69, 9.17) is 4.52 Å². The first-order valence-electron chi connectivity index (χ1n) is 7.72. The number of nitrogens with zero attached hydrogens (tertiary/aromatic N) is 2. The van der Waals surface area contributed by atoms with E-state index in [1.165, 1.54) is 12.1 Å². The lowest BCUT2D eigenvalue weighted by Crippen LogP contribution is -2.24. The largest absolute Gasteiger partial charge is 0.416 e. The van der Waals surface area contributed by atoms with E-state index in [1.807, 2.05) is 30.3 Å². The minimum atomic E-state index is -4.44. The van der Waals surface area contributed by atoms with Crippen molar-refractivity contribution in [3.05, 3.63) is 71.6 Å². The van der Waals surface area contributed by atoms with Gasteiger partial charge in [0.05, 0.1) is 18.5 Å². The van der Waals surface area contributed by atoms with Crippen LogP contribution in [0.5, 0.6) is 0 Å². The van der Waals surface area contributed by atoms with Crippen LogP contribution in [0, 0.1) is 0 Å². The number of amides is 1. The number of carbonyl (C=O) groups is 1. The number of carbonyl (C=O) groups excluding carboxylic acids is 1. The third-order valence-electron chi connectivity index (χ3n) is 3.56. The molecule has 0 bridgehead atoms. The fourth-order valence-corrected chi connectivity index (χ4v) is 2.31. The van der Waals surface area contributed by atoms with Crippen molar-refractivity contribution < 1.29 is 22.5 Å². The van der Waals surface area contributed by atoms with E-state index >= 15 is 0 Å². The summed E-state index contributed by atoms with van der Waals surface area (Å²) in [5.41, 5.74) is 0.262. The second kappa shape index (κ2) is 7.38. The number of rotatable bonds is 5. The molecule has 0 saturated carbocycles. The zero-order valence-electron chi connectivity index (χ0n) is 13.5. The zero-order chi connectivity index (χ0) is 18.6. The molecular weight excluding hydrogens is 347 g/mol. The van der Waals surface area contributed by atoms with E-state index in [0.29, 0.717) is 5.82 Å². The van der Waals surface area contributed by atoms with Gasteiger partial charge in [-0.05, 0) is 11.6 Å². The van der Waals surface area contributed by atoms with Crippen LogP contribution in [0.2, 0.25) is 0 Å². The monoisotopic (exact) mass is 361 g/mol.